The smallest absolute Gasteiger partial charge is 0.203 e. The molecule has 0 saturated heterocycles. The number of thiophene rings is 1. The first-order valence-electron chi connectivity index (χ1n) is 7.83. The molecule has 0 aliphatic heterocycles. The third-order valence-electron chi connectivity index (χ3n) is 4.20. The van der Waals surface area contributed by atoms with Gasteiger partial charge < -0.3 is 19.5 Å². The number of methoxy groups -OCH3 is 3. The summed E-state index contributed by atoms with van der Waals surface area (Å²) >= 11 is 1.68. The van der Waals surface area contributed by atoms with Crippen molar-refractivity contribution in [1.29, 1.82) is 0 Å². The van der Waals surface area contributed by atoms with Crippen LogP contribution in [0.4, 0.5) is 5.82 Å². The standard InChI is InChI=1S/C18H21N3O3S/c1-10-11(2)25-18-14(10)17(20-9-21-18)19-8-12-6-7-13(22-3)16(24-5)15(12)23-4/h6-7,9H,8H2,1-5H3,(H,19,20,21). The number of aromatic nitrogens is 2. The third-order valence-corrected chi connectivity index (χ3v) is 5.31. The first kappa shape index (κ1) is 17.3. The van der Waals surface area contributed by atoms with Gasteiger partial charge in [0, 0.05) is 17.0 Å². The summed E-state index contributed by atoms with van der Waals surface area (Å²) in [5.41, 5.74) is 2.17. The van der Waals surface area contributed by atoms with Crippen LogP contribution in [0, 0.1) is 13.8 Å². The Morgan fingerprint density at radius 1 is 1.00 bits per heavy atom. The van der Waals surface area contributed by atoms with Gasteiger partial charge in [0.15, 0.2) is 11.5 Å². The Morgan fingerprint density at radius 2 is 1.76 bits per heavy atom. The first-order valence-corrected chi connectivity index (χ1v) is 8.64. The predicted octanol–water partition coefficient (Wildman–Crippen LogP) is 3.95. The monoisotopic (exact) mass is 359 g/mol. The van der Waals surface area contributed by atoms with Crippen molar-refractivity contribution in [1.82, 2.24) is 9.97 Å². The Labute approximate surface area is 150 Å². The molecule has 1 aromatic carbocycles. The summed E-state index contributed by atoms with van der Waals surface area (Å²) < 4.78 is 16.3. The molecule has 0 saturated carbocycles. The van der Waals surface area contributed by atoms with Gasteiger partial charge in [-0.05, 0) is 31.5 Å². The molecule has 132 valence electrons. The molecule has 0 fully saturated rings. The van der Waals surface area contributed by atoms with E-state index in [1.165, 1.54) is 10.4 Å². The number of hydrogen-bond donors (Lipinski definition) is 1. The SMILES string of the molecule is COc1ccc(CNc2ncnc3sc(C)c(C)c23)c(OC)c1OC. The van der Waals surface area contributed by atoms with E-state index < -0.39 is 0 Å². The summed E-state index contributed by atoms with van der Waals surface area (Å²) in [5.74, 6) is 2.69. The summed E-state index contributed by atoms with van der Waals surface area (Å²) in [6, 6.07) is 3.82. The van der Waals surface area contributed by atoms with Crippen molar-refractivity contribution in [2.75, 3.05) is 26.6 Å². The highest BCUT2D eigenvalue weighted by Crippen LogP contribution is 2.40. The Bertz CT molecular complexity index is 908. The van der Waals surface area contributed by atoms with Gasteiger partial charge in [0.05, 0.1) is 26.7 Å². The molecule has 6 nitrogen and oxygen atoms in total. The van der Waals surface area contributed by atoms with Crippen LogP contribution in [-0.4, -0.2) is 31.3 Å². The van der Waals surface area contributed by atoms with E-state index in [2.05, 4.69) is 29.1 Å². The Kier molecular flexibility index (Phi) is 4.94. The maximum absolute atomic E-state index is 5.54. The van der Waals surface area contributed by atoms with Gasteiger partial charge in [-0.2, -0.15) is 0 Å². The number of benzene rings is 1. The maximum Gasteiger partial charge on any atom is 0.203 e. The van der Waals surface area contributed by atoms with E-state index >= 15 is 0 Å². The second kappa shape index (κ2) is 7.14. The van der Waals surface area contributed by atoms with Gasteiger partial charge in [-0.3, -0.25) is 0 Å². The van der Waals surface area contributed by atoms with Gasteiger partial charge >= 0.3 is 0 Å². The molecule has 0 aliphatic rings. The van der Waals surface area contributed by atoms with E-state index in [4.69, 9.17) is 14.2 Å². The summed E-state index contributed by atoms with van der Waals surface area (Å²) in [4.78, 5) is 11.0. The third kappa shape index (κ3) is 3.07. The Morgan fingerprint density at radius 3 is 2.44 bits per heavy atom. The van der Waals surface area contributed by atoms with Crippen molar-refractivity contribution < 1.29 is 14.2 Å². The molecule has 7 heteroatoms. The lowest BCUT2D eigenvalue weighted by atomic mass is 10.1. The van der Waals surface area contributed by atoms with E-state index in [-0.39, 0.29) is 0 Å². The molecule has 3 rings (SSSR count). The number of fused-ring (bicyclic) bond motifs is 1. The fraction of sp³-hybridized carbons (Fsp3) is 0.333. The minimum absolute atomic E-state index is 0.546. The Balaban J connectivity index is 1.95. The number of hydrogen-bond acceptors (Lipinski definition) is 7. The van der Waals surface area contributed by atoms with Crippen molar-refractivity contribution in [3.63, 3.8) is 0 Å². The van der Waals surface area contributed by atoms with Crippen molar-refractivity contribution in [2.24, 2.45) is 0 Å². The van der Waals surface area contributed by atoms with Crippen LogP contribution in [0.25, 0.3) is 10.2 Å². The van der Waals surface area contributed by atoms with Crippen molar-refractivity contribution >= 4 is 27.4 Å². The molecule has 0 unspecified atom stereocenters. The molecule has 2 heterocycles. The fourth-order valence-electron chi connectivity index (χ4n) is 2.80. The van der Waals surface area contributed by atoms with Gasteiger partial charge in [0.2, 0.25) is 5.75 Å². The van der Waals surface area contributed by atoms with Crippen molar-refractivity contribution in [3.8, 4) is 17.2 Å². The average Bonchev–Trinajstić information content (AvgIpc) is 2.93. The number of anilines is 1. The Hall–Kier alpha value is -2.54. The molecular weight excluding hydrogens is 338 g/mol. The van der Waals surface area contributed by atoms with Crippen LogP contribution in [0.2, 0.25) is 0 Å². The quantitative estimate of drug-likeness (QED) is 0.719. The molecule has 1 N–H and O–H groups in total. The van der Waals surface area contributed by atoms with E-state index in [0.717, 1.165) is 21.6 Å². The summed E-state index contributed by atoms with van der Waals surface area (Å²) in [6.45, 7) is 4.74. The van der Waals surface area contributed by atoms with Crippen LogP contribution in [0.15, 0.2) is 18.5 Å². The lowest BCUT2D eigenvalue weighted by Crippen LogP contribution is -2.05. The predicted molar refractivity (Wildman–Crippen MR) is 100 cm³/mol. The number of rotatable bonds is 6. The highest BCUT2D eigenvalue weighted by molar-refractivity contribution is 7.18. The van der Waals surface area contributed by atoms with Crippen LogP contribution in [0.1, 0.15) is 16.0 Å². The van der Waals surface area contributed by atoms with E-state index in [1.54, 1.807) is 39.0 Å². The lowest BCUT2D eigenvalue weighted by Gasteiger charge is -2.16. The van der Waals surface area contributed by atoms with Crippen LogP contribution >= 0.6 is 11.3 Å². The second-order valence-electron chi connectivity index (χ2n) is 5.53. The zero-order valence-electron chi connectivity index (χ0n) is 15.0. The summed E-state index contributed by atoms with van der Waals surface area (Å²) in [6.07, 6.45) is 1.59. The largest absolute Gasteiger partial charge is 0.493 e. The first-order chi connectivity index (χ1) is 12.1. The number of nitrogens with one attached hydrogen (secondary N) is 1. The molecule has 0 amide bonds. The van der Waals surface area contributed by atoms with E-state index in [1.807, 2.05) is 12.1 Å². The number of aryl methyl sites for hydroxylation is 2. The maximum atomic E-state index is 5.54. The van der Waals surface area contributed by atoms with Crippen LogP contribution in [-0.2, 0) is 6.54 Å². The minimum Gasteiger partial charge on any atom is -0.493 e. The topological polar surface area (TPSA) is 65.5 Å². The van der Waals surface area contributed by atoms with Crippen molar-refractivity contribution in [3.05, 3.63) is 34.5 Å². The number of nitrogens with zero attached hydrogens (tertiary/aromatic N) is 2. The summed E-state index contributed by atoms with van der Waals surface area (Å²) in [5, 5.41) is 4.47. The molecule has 3 aromatic rings. The van der Waals surface area contributed by atoms with Gasteiger partial charge in [-0.15, -0.1) is 11.3 Å². The van der Waals surface area contributed by atoms with Crippen LogP contribution < -0.4 is 19.5 Å². The molecule has 2 aromatic heterocycles. The minimum atomic E-state index is 0.546. The zero-order valence-corrected chi connectivity index (χ0v) is 15.8. The van der Waals surface area contributed by atoms with Gasteiger partial charge in [-0.25, -0.2) is 9.97 Å². The number of ether oxygens (including phenoxy) is 3. The second-order valence-corrected chi connectivity index (χ2v) is 6.74. The fourth-order valence-corrected chi connectivity index (χ4v) is 3.79. The molecule has 0 atom stereocenters. The van der Waals surface area contributed by atoms with Gasteiger partial charge in [-0.1, -0.05) is 0 Å². The molecular formula is C18H21N3O3S. The molecule has 0 radical (unpaired) electrons. The molecule has 0 bridgehead atoms. The van der Waals surface area contributed by atoms with Crippen LogP contribution in [0.5, 0.6) is 17.2 Å². The van der Waals surface area contributed by atoms with Crippen molar-refractivity contribution in [2.45, 2.75) is 20.4 Å². The lowest BCUT2D eigenvalue weighted by molar-refractivity contribution is 0.322. The summed E-state index contributed by atoms with van der Waals surface area (Å²) in [7, 11) is 4.83. The van der Waals surface area contributed by atoms with Crippen LogP contribution in [0.3, 0.4) is 0 Å². The normalized spacial score (nSPS) is 10.8. The molecule has 0 aliphatic carbocycles. The average molecular weight is 359 g/mol. The molecule has 0 spiro atoms. The van der Waals surface area contributed by atoms with Gasteiger partial charge in [0.1, 0.15) is 17.0 Å². The highest BCUT2D eigenvalue weighted by Gasteiger charge is 2.17. The molecule has 25 heavy (non-hydrogen) atoms. The zero-order chi connectivity index (χ0) is 18.0. The van der Waals surface area contributed by atoms with Gasteiger partial charge in [0.25, 0.3) is 0 Å². The highest BCUT2D eigenvalue weighted by atomic mass is 32.1. The van der Waals surface area contributed by atoms with E-state index in [0.29, 0.717) is 23.8 Å². The van der Waals surface area contributed by atoms with E-state index in [9.17, 15) is 0 Å².